The number of esters is 1. The van der Waals surface area contributed by atoms with Gasteiger partial charge in [0.05, 0.1) is 13.2 Å². The second-order valence-corrected chi connectivity index (χ2v) is 6.39. The zero-order chi connectivity index (χ0) is 19.9. The third-order valence-electron chi connectivity index (χ3n) is 3.95. The molecular weight excluding hydrogens is 394 g/mol. The molecule has 9 nitrogen and oxygen atoms in total. The number of fused-ring (bicyclic) bond motifs is 1. The number of amides is 1. The van der Waals surface area contributed by atoms with Crippen molar-refractivity contribution in [3.63, 3.8) is 0 Å². The molecular formula is C16H14ClN5O4S. The Morgan fingerprint density at radius 2 is 2.19 bits per heavy atom. The fraction of sp³-hybridized carbons (Fsp3) is 0.188. The summed E-state index contributed by atoms with van der Waals surface area (Å²) in [6.07, 6.45) is 2.25. The summed E-state index contributed by atoms with van der Waals surface area (Å²) in [5.41, 5.74) is 0.677. The van der Waals surface area contributed by atoms with E-state index in [-0.39, 0.29) is 16.6 Å². The summed E-state index contributed by atoms with van der Waals surface area (Å²) in [6, 6.07) is 4.72. The van der Waals surface area contributed by atoms with Crippen LogP contribution in [0.4, 0.5) is 5.82 Å². The van der Waals surface area contributed by atoms with Crippen molar-refractivity contribution in [1.82, 2.24) is 14.9 Å². The number of carbonyl (C=O) groups excluding carboxylic acids is 2. The molecule has 1 amide bonds. The van der Waals surface area contributed by atoms with Gasteiger partial charge in [0.2, 0.25) is 22.6 Å². The highest BCUT2D eigenvalue weighted by Crippen LogP contribution is 2.26. The molecule has 1 fully saturated rings. The molecule has 0 bridgehead atoms. The standard InChI is InChI=1S/C16H14ClN5O4S/c1-19-15(24)12(7-14(23)26-3)22(16(19)27)20(2)13-8-21(25)11-6-9(17)4-5-10(11)18-13/h4-8H,1-3H3/b12-7+. The number of aromatic nitrogens is 2. The lowest BCUT2D eigenvalue weighted by Gasteiger charge is -2.29. The highest BCUT2D eigenvalue weighted by molar-refractivity contribution is 7.80. The minimum atomic E-state index is -0.713. The van der Waals surface area contributed by atoms with Gasteiger partial charge in [0.15, 0.2) is 0 Å². The number of nitrogens with zero attached hydrogens (tertiary/aromatic N) is 5. The molecule has 1 saturated heterocycles. The van der Waals surface area contributed by atoms with Gasteiger partial charge in [-0.05, 0) is 24.4 Å². The number of hydrogen-bond acceptors (Lipinski definition) is 7. The molecule has 0 saturated carbocycles. The SMILES string of the molecule is COC(=O)/C=C1\C(=O)N(C)C(=S)N1N(C)c1c[n+]([O-])c2cc(Cl)ccc2n1. The number of benzene rings is 1. The van der Waals surface area contributed by atoms with E-state index in [0.29, 0.717) is 20.8 Å². The number of likely N-dealkylation sites (N-methyl/N-ethyl adjacent to an activating group) is 1. The lowest BCUT2D eigenvalue weighted by molar-refractivity contribution is -0.576. The predicted octanol–water partition coefficient (Wildman–Crippen LogP) is 0.989. The van der Waals surface area contributed by atoms with Crippen LogP contribution in [0, 0.1) is 5.21 Å². The summed E-state index contributed by atoms with van der Waals surface area (Å²) < 4.78 is 5.22. The van der Waals surface area contributed by atoms with Gasteiger partial charge in [-0.25, -0.2) is 14.8 Å². The number of halogens is 1. The zero-order valence-electron chi connectivity index (χ0n) is 14.5. The van der Waals surface area contributed by atoms with Gasteiger partial charge in [0, 0.05) is 25.2 Å². The van der Waals surface area contributed by atoms with Crippen LogP contribution in [0.3, 0.4) is 0 Å². The zero-order valence-corrected chi connectivity index (χ0v) is 16.1. The summed E-state index contributed by atoms with van der Waals surface area (Å²) >= 11 is 11.2. The van der Waals surface area contributed by atoms with Crippen molar-refractivity contribution in [3.8, 4) is 0 Å². The normalized spacial score (nSPS) is 15.8. The van der Waals surface area contributed by atoms with E-state index in [1.54, 1.807) is 19.2 Å². The number of methoxy groups -OCH3 is 1. The highest BCUT2D eigenvalue weighted by Gasteiger charge is 2.40. The Morgan fingerprint density at radius 3 is 2.85 bits per heavy atom. The molecule has 27 heavy (non-hydrogen) atoms. The second-order valence-electron chi connectivity index (χ2n) is 5.59. The van der Waals surface area contributed by atoms with Crippen molar-refractivity contribution in [2.24, 2.45) is 0 Å². The predicted molar refractivity (Wildman–Crippen MR) is 101 cm³/mol. The number of carbonyl (C=O) groups is 2. The van der Waals surface area contributed by atoms with Gasteiger partial charge < -0.3 is 9.94 Å². The van der Waals surface area contributed by atoms with Crippen molar-refractivity contribution in [2.75, 3.05) is 26.2 Å². The number of hydrazine groups is 1. The molecule has 140 valence electrons. The average molecular weight is 408 g/mol. The molecule has 1 aliphatic heterocycles. The quantitative estimate of drug-likeness (QED) is 0.244. The molecule has 3 rings (SSSR count). The summed E-state index contributed by atoms with van der Waals surface area (Å²) in [4.78, 5) is 29.7. The van der Waals surface area contributed by atoms with Crippen LogP contribution in [-0.4, -0.2) is 53.1 Å². The molecule has 0 radical (unpaired) electrons. The Bertz CT molecular complexity index is 1010. The molecule has 2 heterocycles. The van der Waals surface area contributed by atoms with Crippen molar-refractivity contribution in [1.29, 1.82) is 0 Å². The van der Waals surface area contributed by atoms with E-state index in [9.17, 15) is 14.8 Å². The van der Waals surface area contributed by atoms with Crippen LogP contribution in [0.15, 0.2) is 36.2 Å². The van der Waals surface area contributed by atoms with Gasteiger partial charge in [0.1, 0.15) is 11.2 Å². The summed E-state index contributed by atoms with van der Waals surface area (Å²) in [6.45, 7) is 0. The number of thiocarbonyl (C=S) groups is 1. The number of anilines is 1. The number of ether oxygens (including phenoxy) is 1. The van der Waals surface area contributed by atoms with Crippen LogP contribution < -0.4 is 9.74 Å². The fourth-order valence-corrected chi connectivity index (χ4v) is 3.00. The van der Waals surface area contributed by atoms with Crippen molar-refractivity contribution >= 4 is 57.7 Å². The third kappa shape index (κ3) is 3.24. The number of rotatable bonds is 3. The maximum absolute atomic E-state index is 12.4. The minimum absolute atomic E-state index is 0.0210. The fourth-order valence-electron chi connectivity index (χ4n) is 2.53. The van der Waals surface area contributed by atoms with E-state index in [1.165, 1.54) is 41.3 Å². The first-order valence-electron chi connectivity index (χ1n) is 7.59. The van der Waals surface area contributed by atoms with Crippen LogP contribution in [-0.2, 0) is 14.3 Å². The molecule has 1 aromatic heterocycles. The lowest BCUT2D eigenvalue weighted by atomic mass is 10.3. The Hall–Kier alpha value is -2.98. The number of hydrogen-bond donors (Lipinski definition) is 0. The molecule has 0 aliphatic carbocycles. The Morgan fingerprint density at radius 1 is 1.48 bits per heavy atom. The molecule has 0 atom stereocenters. The van der Waals surface area contributed by atoms with Gasteiger partial charge in [0.25, 0.3) is 5.91 Å². The molecule has 1 aliphatic rings. The van der Waals surface area contributed by atoms with Crippen LogP contribution in [0.2, 0.25) is 5.02 Å². The summed E-state index contributed by atoms with van der Waals surface area (Å²) in [5.74, 6) is -0.990. The van der Waals surface area contributed by atoms with E-state index in [4.69, 9.17) is 23.8 Å². The van der Waals surface area contributed by atoms with Gasteiger partial charge in [-0.1, -0.05) is 11.6 Å². The van der Waals surface area contributed by atoms with E-state index in [2.05, 4.69) is 9.72 Å². The van der Waals surface area contributed by atoms with E-state index in [0.717, 1.165) is 6.08 Å². The van der Waals surface area contributed by atoms with Crippen LogP contribution in [0.5, 0.6) is 0 Å². The largest absolute Gasteiger partial charge is 0.618 e. The minimum Gasteiger partial charge on any atom is -0.618 e. The van der Waals surface area contributed by atoms with E-state index < -0.39 is 11.9 Å². The average Bonchev–Trinajstić information content (AvgIpc) is 2.85. The van der Waals surface area contributed by atoms with Gasteiger partial charge >= 0.3 is 5.97 Å². The smallest absolute Gasteiger partial charge is 0.332 e. The summed E-state index contributed by atoms with van der Waals surface area (Å²) in [5, 5.41) is 15.6. The lowest BCUT2D eigenvalue weighted by Crippen LogP contribution is -2.43. The Kier molecular flexibility index (Phi) is 4.85. The Labute approximate surface area is 164 Å². The summed E-state index contributed by atoms with van der Waals surface area (Å²) in [7, 11) is 4.24. The monoisotopic (exact) mass is 407 g/mol. The van der Waals surface area contributed by atoms with Gasteiger partial charge in [-0.15, -0.1) is 0 Å². The van der Waals surface area contributed by atoms with Crippen LogP contribution >= 0.6 is 23.8 Å². The first kappa shape index (κ1) is 18.8. The highest BCUT2D eigenvalue weighted by atomic mass is 35.5. The maximum atomic E-state index is 12.4. The second kappa shape index (κ2) is 6.97. The van der Waals surface area contributed by atoms with Gasteiger partial charge in [-0.3, -0.25) is 14.7 Å². The molecule has 0 spiro atoms. The first-order chi connectivity index (χ1) is 12.7. The molecule has 1 aromatic carbocycles. The topological polar surface area (TPSA) is 92.9 Å². The first-order valence-corrected chi connectivity index (χ1v) is 8.38. The van der Waals surface area contributed by atoms with Crippen molar-refractivity contribution in [2.45, 2.75) is 0 Å². The molecule has 0 unspecified atom stereocenters. The van der Waals surface area contributed by atoms with Crippen molar-refractivity contribution in [3.05, 3.63) is 46.4 Å². The van der Waals surface area contributed by atoms with E-state index >= 15 is 0 Å². The van der Waals surface area contributed by atoms with Crippen LogP contribution in [0.1, 0.15) is 0 Å². The Balaban J connectivity index is 2.09. The maximum Gasteiger partial charge on any atom is 0.332 e. The van der Waals surface area contributed by atoms with Crippen molar-refractivity contribution < 1.29 is 19.1 Å². The third-order valence-corrected chi connectivity index (χ3v) is 4.63. The van der Waals surface area contributed by atoms with E-state index in [1.807, 2.05) is 0 Å². The van der Waals surface area contributed by atoms with Gasteiger partial charge in [-0.2, -0.15) is 4.73 Å². The van der Waals surface area contributed by atoms with Crippen LogP contribution in [0.25, 0.3) is 11.0 Å². The molecule has 11 heteroatoms. The molecule has 0 N–H and O–H groups in total. The molecule has 2 aromatic rings.